The first-order valence-electron chi connectivity index (χ1n) is 2.63. The molecule has 4 nitrogen and oxygen atoms in total. The lowest BCUT2D eigenvalue weighted by molar-refractivity contribution is -0.0457. The van der Waals surface area contributed by atoms with Crippen LogP contribution in [0.25, 0.3) is 0 Å². The first-order valence-corrected chi connectivity index (χ1v) is 5.63. The molecule has 0 spiro atoms. The third kappa shape index (κ3) is 3.19. The van der Waals surface area contributed by atoms with Gasteiger partial charge in [-0.2, -0.15) is 39.0 Å². The second-order valence-electron chi connectivity index (χ2n) is 2.00. The Labute approximate surface area is 79.6 Å². The van der Waals surface area contributed by atoms with Gasteiger partial charge in [0.05, 0.1) is 0 Å². The summed E-state index contributed by atoms with van der Waals surface area (Å²) in [4.78, 5) is 0. The average Bonchev–Trinajstić information content (AvgIpc) is 1.77. The van der Waals surface area contributed by atoms with Crippen molar-refractivity contribution in [2.75, 3.05) is 0 Å². The van der Waals surface area contributed by atoms with Crippen LogP contribution in [0.15, 0.2) is 0 Å². The molecular formula is C3HF6O4S2+. The first-order chi connectivity index (χ1) is 6.21. The third-order valence-corrected chi connectivity index (χ3v) is 3.86. The molecule has 0 aliphatic carbocycles. The summed E-state index contributed by atoms with van der Waals surface area (Å²) < 4.78 is 107. The van der Waals surface area contributed by atoms with E-state index >= 15 is 0 Å². The van der Waals surface area contributed by atoms with Gasteiger partial charge < -0.3 is 0 Å². The summed E-state index contributed by atoms with van der Waals surface area (Å²) in [6, 6.07) is 0. The van der Waals surface area contributed by atoms with Gasteiger partial charge in [0, 0.05) is 0 Å². The summed E-state index contributed by atoms with van der Waals surface area (Å²) in [6.45, 7) is 0. The summed E-state index contributed by atoms with van der Waals surface area (Å²) in [6.07, 6.45) is 0. The van der Waals surface area contributed by atoms with Gasteiger partial charge in [0.1, 0.15) is 0 Å². The zero-order valence-electron chi connectivity index (χ0n) is 6.26. The Morgan fingerprint density at radius 2 is 1.20 bits per heavy atom. The standard InChI is InChI=1S/C3F6O4S2/c4-2(5,6)14(10,11)1-15(12,13)3(7,8)9/p+1. The summed E-state index contributed by atoms with van der Waals surface area (Å²) in [7, 11) is -12.9. The van der Waals surface area contributed by atoms with Crippen LogP contribution in [0.5, 0.6) is 0 Å². The van der Waals surface area contributed by atoms with Crippen LogP contribution < -0.4 is 0 Å². The topological polar surface area (TPSA) is 71.4 Å². The van der Waals surface area contributed by atoms with E-state index < -0.39 is 30.7 Å². The molecule has 0 bridgehead atoms. The van der Waals surface area contributed by atoms with Crippen molar-refractivity contribution in [3.8, 4) is 0 Å². The molecule has 1 atom stereocenters. The average molecular weight is 279 g/mol. The van der Waals surface area contributed by atoms with Crippen molar-refractivity contribution in [2.24, 2.45) is 0 Å². The van der Waals surface area contributed by atoms with Crippen molar-refractivity contribution in [1.82, 2.24) is 0 Å². The van der Waals surface area contributed by atoms with E-state index in [2.05, 4.69) is 0 Å². The molecule has 0 aliphatic rings. The maximum absolute atomic E-state index is 11.5. The van der Waals surface area contributed by atoms with Crippen LogP contribution in [0.4, 0.5) is 26.3 Å². The number of alkyl halides is 6. The summed E-state index contributed by atoms with van der Waals surface area (Å²) in [5.41, 5.74) is -12.1. The Morgan fingerprint density at radius 3 is 1.40 bits per heavy atom. The van der Waals surface area contributed by atoms with Crippen LogP contribution in [-0.4, -0.2) is 32.9 Å². The van der Waals surface area contributed by atoms with Crippen LogP contribution in [0.3, 0.4) is 0 Å². The van der Waals surface area contributed by atoms with Crippen molar-refractivity contribution in [3.05, 3.63) is 0 Å². The molecule has 15 heavy (non-hydrogen) atoms. The van der Waals surface area contributed by atoms with Crippen molar-refractivity contribution < 1.29 is 43.5 Å². The lowest BCUT2D eigenvalue weighted by Crippen LogP contribution is -2.32. The quantitative estimate of drug-likeness (QED) is 0.438. The van der Waals surface area contributed by atoms with Crippen molar-refractivity contribution in [3.63, 3.8) is 0 Å². The minimum Gasteiger partial charge on any atom is -0.269 e. The fourth-order valence-corrected chi connectivity index (χ4v) is 2.19. The van der Waals surface area contributed by atoms with Crippen molar-refractivity contribution in [1.29, 1.82) is 0 Å². The maximum atomic E-state index is 11.5. The fourth-order valence-electron chi connectivity index (χ4n) is 0.243. The molecule has 0 saturated heterocycles. The molecule has 90 valence electrons. The van der Waals surface area contributed by atoms with Gasteiger partial charge in [-0.25, -0.2) is 0 Å². The summed E-state index contributed by atoms with van der Waals surface area (Å²) >= 11 is 0. The monoisotopic (exact) mass is 279 g/mol. The van der Waals surface area contributed by atoms with Gasteiger partial charge in [0.15, 0.2) is 0 Å². The lowest BCUT2D eigenvalue weighted by atomic mass is 11.6. The Hall–Kier alpha value is -0.580. The van der Waals surface area contributed by atoms with Crippen LogP contribution in [0.2, 0.25) is 0 Å². The largest absolute Gasteiger partial charge is 0.550 e. The Balaban J connectivity index is 5.77. The second-order valence-corrected chi connectivity index (χ2v) is 5.66. The third-order valence-electron chi connectivity index (χ3n) is 0.841. The molecule has 0 rings (SSSR count). The highest BCUT2D eigenvalue weighted by Crippen LogP contribution is 2.27. The highest BCUT2D eigenvalue weighted by Gasteiger charge is 2.61. The molecule has 0 fully saturated rings. The van der Waals surface area contributed by atoms with E-state index in [9.17, 15) is 39.0 Å². The molecule has 0 aromatic heterocycles. The Bertz CT molecular complexity index is 446. The predicted octanol–water partition coefficient (Wildman–Crippen LogP) is 0.835. The number of hydrogen-bond acceptors (Lipinski definition) is 3. The molecule has 0 heterocycles. The maximum Gasteiger partial charge on any atom is 0.550 e. The van der Waals surface area contributed by atoms with E-state index in [1.807, 2.05) is 0 Å². The normalized spacial score (nSPS) is 18.1. The molecule has 0 amide bonds. The number of hydrogen-bond donors (Lipinski definition) is 1. The molecular weight excluding hydrogens is 278 g/mol. The van der Waals surface area contributed by atoms with Gasteiger partial charge in [-0.15, -0.1) is 0 Å². The molecule has 0 saturated carbocycles. The highest BCUT2D eigenvalue weighted by atomic mass is 32.3. The highest BCUT2D eigenvalue weighted by molar-refractivity contribution is 8.20. The smallest absolute Gasteiger partial charge is 0.269 e. The van der Waals surface area contributed by atoms with Gasteiger partial charge in [-0.3, -0.25) is 4.55 Å². The van der Waals surface area contributed by atoms with E-state index in [0.717, 1.165) is 0 Å². The van der Waals surface area contributed by atoms with Crippen molar-refractivity contribution in [2.45, 2.75) is 11.0 Å². The zero-order chi connectivity index (χ0) is 12.7. The van der Waals surface area contributed by atoms with E-state index in [4.69, 9.17) is 4.55 Å². The van der Waals surface area contributed by atoms with Crippen LogP contribution in [-0.2, 0) is 19.6 Å². The lowest BCUT2D eigenvalue weighted by Gasteiger charge is -1.99. The van der Waals surface area contributed by atoms with Gasteiger partial charge in [-0.05, 0) is 0 Å². The number of sulfone groups is 1. The van der Waals surface area contributed by atoms with Gasteiger partial charge in [0.25, 0.3) is 0 Å². The van der Waals surface area contributed by atoms with Crippen LogP contribution in [0, 0.1) is 0 Å². The molecule has 1 N–H and O–H groups in total. The molecule has 0 radical (unpaired) electrons. The van der Waals surface area contributed by atoms with Gasteiger partial charge in [-0.1, -0.05) is 0 Å². The molecule has 0 aliphatic heterocycles. The van der Waals surface area contributed by atoms with Gasteiger partial charge >= 0.3 is 35.4 Å². The number of rotatable bonds is 1. The van der Waals surface area contributed by atoms with E-state index in [1.54, 1.807) is 0 Å². The minimum absolute atomic E-state index is 0.382. The van der Waals surface area contributed by atoms with E-state index in [1.165, 1.54) is 0 Å². The fraction of sp³-hybridized carbons (Fsp3) is 0.667. The molecule has 1 unspecified atom stereocenters. The first kappa shape index (κ1) is 14.4. The van der Waals surface area contributed by atoms with Crippen molar-refractivity contribution >= 4 is 24.3 Å². The van der Waals surface area contributed by atoms with Crippen LogP contribution in [0.1, 0.15) is 0 Å². The Kier molecular flexibility index (Phi) is 3.34. The number of halogens is 6. The van der Waals surface area contributed by atoms with E-state index in [-0.39, 0.29) is 4.70 Å². The SMILES string of the molecule is O=S(=O)([C+]=S(=O)(O)C(F)(F)F)C(F)(F)F. The zero-order valence-corrected chi connectivity index (χ0v) is 7.89. The van der Waals surface area contributed by atoms with E-state index in [0.29, 0.717) is 0 Å². The Morgan fingerprint density at radius 1 is 0.867 bits per heavy atom. The van der Waals surface area contributed by atoms with Crippen LogP contribution >= 0.6 is 0 Å². The molecule has 12 heteroatoms. The molecule has 0 aromatic rings. The molecule has 0 aromatic carbocycles. The minimum atomic E-state index is -6.53. The summed E-state index contributed by atoms with van der Waals surface area (Å²) in [5, 5.41) is 0. The second kappa shape index (κ2) is 3.47. The van der Waals surface area contributed by atoms with Gasteiger partial charge in [0.2, 0.25) is 0 Å². The predicted molar refractivity (Wildman–Crippen MR) is 36.8 cm³/mol. The summed E-state index contributed by atoms with van der Waals surface area (Å²) in [5.74, 6) is 0.